The van der Waals surface area contributed by atoms with Gasteiger partial charge in [-0.1, -0.05) is 28.1 Å². The highest BCUT2D eigenvalue weighted by atomic mass is 79.9. The summed E-state index contributed by atoms with van der Waals surface area (Å²) in [5.74, 6) is 0.451. The van der Waals surface area contributed by atoms with Crippen LogP contribution in [0.25, 0.3) is 0 Å². The second-order valence-electron chi connectivity index (χ2n) is 4.81. The molecule has 0 aliphatic carbocycles. The second-order valence-corrected chi connectivity index (χ2v) is 6.61. The molecule has 0 saturated heterocycles. The summed E-state index contributed by atoms with van der Waals surface area (Å²) in [4.78, 5) is 13.5. The van der Waals surface area contributed by atoms with E-state index in [0.717, 1.165) is 14.9 Å². The van der Waals surface area contributed by atoms with Crippen LogP contribution in [-0.2, 0) is 0 Å². The molecule has 0 spiro atoms. The third kappa shape index (κ3) is 4.05. The molecule has 0 heterocycles. The summed E-state index contributed by atoms with van der Waals surface area (Å²) in [6.45, 7) is 1.96. The average molecular weight is 380 g/mol. The molecule has 1 N–H and O–H groups in total. The zero-order valence-electron chi connectivity index (χ0n) is 12.7. The number of hydrogen-bond acceptors (Lipinski definition) is 3. The first-order chi connectivity index (χ1) is 10.5. The van der Waals surface area contributed by atoms with E-state index in [2.05, 4.69) is 21.2 Å². The van der Waals surface area contributed by atoms with Crippen molar-refractivity contribution in [2.75, 3.05) is 13.4 Å². The molecule has 1 atom stereocenters. The first-order valence-corrected chi connectivity index (χ1v) is 8.85. The number of nitrogens with one attached hydrogen (secondary N) is 1. The Morgan fingerprint density at radius 3 is 2.50 bits per heavy atom. The quantitative estimate of drug-likeness (QED) is 0.766. The Labute approximate surface area is 143 Å². The van der Waals surface area contributed by atoms with E-state index in [9.17, 15) is 4.79 Å². The molecule has 0 radical (unpaired) electrons. The number of thioether (sulfide) groups is 1. The van der Waals surface area contributed by atoms with Gasteiger partial charge in [0.1, 0.15) is 5.75 Å². The highest BCUT2D eigenvalue weighted by molar-refractivity contribution is 9.10. The van der Waals surface area contributed by atoms with Gasteiger partial charge in [-0.2, -0.15) is 0 Å². The zero-order chi connectivity index (χ0) is 16.1. The van der Waals surface area contributed by atoms with E-state index in [-0.39, 0.29) is 11.9 Å². The van der Waals surface area contributed by atoms with Gasteiger partial charge in [-0.05, 0) is 49.1 Å². The predicted molar refractivity (Wildman–Crippen MR) is 94.8 cm³/mol. The van der Waals surface area contributed by atoms with Crippen LogP contribution in [0.2, 0.25) is 0 Å². The molecule has 5 heteroatoms. The fourth-order valence-corrected chi connectivity index (χ4v) is 2.79. The lowest BCUT2D eigenvalue weighted by atomic mass is 10.1. The molecule has 2 aromatic rings. The van der Waals surface area contributed by atoms with Crippen LogP contribution < -0.4 is 10.1 Å². The molecule has 0 aromatic heterocycles. The molecule has 116 valence electrons. The van der Waals surface area contributed by atoms with Crippen molar-refractivity contribution in [1.82, 2.24) is 5.32 Å². The van der Waals surface area contributed by atoms with Crippen molar-refractivity contribution in [1.29, 1.82) is 0 Å². The number of methoxy groups -OCH3 is 1. The van der Waals surface area contributed by atoms with Crippen LogP contribution >= 0.6 is 27.7 Å². The molecule has 0 saturated carbocycles. The molecule has 1 amide bonds. The van der Waals surface area contributed by atoms with E-state index in [1.165, 1.54) is 0 Å². The number of rotatable bonds is 5. The van der Waals surface area contributed by atoms with Gasteiger partial charge in [-0.3, -0.25) is 4.79 Å². The molecular formula is C17H18BrNO2S. The van der Waals surface area contributed by atoms with Gasteiger partial charge in [-0.15, -0.1) is 11.8 Å². The van der Waals surface area contributed by atoms with Crippen molar-refractivity contribution in [2.24, 2.45) is 0 Å². The molecule has 22 heavy (non-hydrogen) atoms. The van der Waals surface area contributed by atoms with Gasteiger partial charge in [0.25, 0.3) is 5.91 Å². The lowest BCUT2D eigenvalue weighted by molar-refractivity contribution is 0.0936. The Kier molecular flexibility index (Phi) is 5.91. The summed E-state index contributed by atoms with van der Waals surface area (Å²) in [5, 5.41) is 3.00. The lowest BCUT2D eigenvalue weighted by Crippen LogP contribution is -2.27. The van der Waals surface area contributed by atoms with Crippen molar-refractivity contribution < 1.29 is 9.53 Å². The number of hydrogen-bond donors (Lipinski definition) is 1. The van der Waals surface area contributed by atoms with Crippen molar-refractivity contribution in [3.05, 3.63) is 58.1 Å². The number of ether oxygens (including phenoxy) is 1. The third-order valence-corrected chi connectivity index (χ3v) is 4.62. The van der Waals surface area contributed by atoms with Gasteiger partial charge in [-0.25, -0.2) is 0 Å². The van der Waals surface area contributed by atoms with E-state index < -0.39 is 0 Å². The fourth-order valence-electron chi connectivity index (χ4n) is 2.10. The average Bonchev–Trinajstić information content (AvgIpc) is 2.54. The van der Waals surface area contributed by atoms with E-state index in [4.69, 9.17) is 4.74 Å². The number of carbonyl (C=O) groups is 1. The van der Waals surface area contributed by atoms with Crippen molar-refractivity contribution in [3.8, 4) is 5.75 Å². The summed E-state index contributed by atoms with van der Waals surface area (Å²) < 4.78 is 6.35. The monoisotopic (exact) mass is 379 g/mol. The van der Waals surface area contributed by atoms with Gasteiger partial charge in [0.2, 0.25) is 0 Å². The van der Waals surface area contributed by atoms with Gasteiger partial charge < -0.3 is 10.1 Å². The van der Waals surface area contributed by atoms with Crippen LogP contribution in [-0.4, -0.2) is 19.3 Å². The lowest BCUT2D eigenvalue weighted by Gasteiger charge is -2.16. The summed E-state index contributed by atoms with van der Waals surface area (Å²) in [5.41, 5.74) is 1.60. The van der Waals surface area contributed by atoms with Gasteiger partial charge in [0.15, 0.2) is 0 Å². The first kappa shape index (κ1) is 16.9. The van der Waals surface area contributed by atoms with E-state index in [1.807, 2.05) is 49.6 Å². The molecule has 0 aliphatic rings. The number of amides is 1. The first-order valence-electron chi connectivity index (χ1n) is 6.83. The van der Waals surface area contributed by atoms with Crippen LogP contribution in [0, 0.1) is 0 Å². The van der Waals surface area contributed by atoms with Crippen molar-refractivity contribution >= 4 is 33.6 Å². The Bertz CT molecular complexity index is 658. The second kappa shape index (κ2) is 7.70. The van der Waals surface area contributed by atoms with Gasteiger partial charge >= 0.3 is 0 Å². The van der Waals surface area contributed by atoms with Crippen LogP contribution in [0.1, 0.15) is 28.9 Å². The maximum absolute atomic E-state index is 12.5. The van der Waals surface area contributed by atoms with Crippen LogP contribution in [0.3, 0.4) is 0 Å². The normalized spacial score (nSPS) is 11.8. The SMILES string of the molecule is COc1cc(SC)ccc1C(=O)N[C@@H](C)c1ccc(Br)cc1. The summed E-state index contributed by atoms with van der Waals surface area (Å²) in [6.07, 6.45) is 1.99. The zero-order valence-corrected chi connectivity index (χ0v) is 15.1. The maximum atomic E-state index is 12.5. The number of carbonyl (C=O) groups excluding carboxylic acids is 1. The smallest absolute Gasteiger partial charge is 0.255 e. The molecule has 2 aromatic carbocycles. The van der Waals surface area contributed by atoms with Crippen molar-refractivity contribution in [2.45, 2.75) is 17.9 Å². The summed E-state index contributed by atoms with van der Waals surface area (Å²) >= 11 is 5.02. The molecule has 0 unspecified atom stereocenters. The van der Waals surface area contributed by atoms with E-state index in [1.54, 1.807) is 24.9 Å². The molecule has 2 rings (SSSR count). The van der Waals surface area contributed by atoms with Crippen LogP contribution in [0.4, 0.5) is 0 Å². The summed E-state index contributed by atoms with van der Waals surface area (Å²) in [7, 11) is 1.58. The van der Waals surface area contributed by atoms with Gasteiger partial charge in [0.05, 0.1) is 18.7 Å². The largest absolute Gasteiger partial charge is 0.496 e. The van der Waals surface area contributed by atoms with Gasteiger partial charge in [0, 0.05) is 9.37 Å². The van der Waals surface area contributed by atoms with E-state index >= 15 is 0 Å². The molecule has 3 nitrogen and oxygen atoms in total. The topological polar surface area (TPSA) is 38.3 Å². The van der Waals surface area contributed by atoms with Crippen molar-refractivity contribution in [3.63, 3.8) is 0 Å². The highest BCUT2D eigenvalue weighted by Crippen LogP contribution is 2.26. The van der Waals surface area contributed by atoms with Crippen LogP contribution in [0.15, 0.2) is 51.8 Å². The molecule has 0 bridgehead atoms. The minimum absolute atomic E-state index is 0.0782. The Hall–Kier alpha value is -1.46. The maximum Gasteiger partial charge on any atom is 0.255 e. The fraction of sp³-hybridized carbons (Fsp3) is 0.235. The number of benzene rings is 2. The minimum atomic E-state index is -0.139. The Balaban J connectivity index is 2.16. The molecule has 0 aliphatic heterocycles. The van der Waals surface area contributed by atoms with Crippen LogP contribution in [0.5, 0.6) is 5.75 Å². The minimum Gasteiger partial charge on any atom is -0.496 e. The predicted octanol–water partition coefficient (Wildman–Crippen LogP) is 4.67. The van der Waals surface area contributed by atoms with E-state index in [0.29, 0.717) is 11.3 Å². The third-order valence-electron chi connectivity index (χ3n) is 3.37. The summed E-state index contributed by atoms with van der Waals surface area (Å²) in [6, 6.07) is 13.4. The molecule has 0 fully saturated rings. The Morgan fingerprint density at radius 2 is 1.91 bits per heavy atom. The molecular weight excluding hydrogens is 362 g/mol. The standard InChI is InChI=1S/C17H18BrNO2S/c1-11(12-4-6-13(18)7-5-12)19-17(20)15-9-8-14(22-3)10-16(15)21-2/h4-11H,1-3H3,(H,19,20)/t11-/m0/s1. The highest BCUT2D eigenvalue weighted by Gasteiger charge is 2.16. The Morgan fingerprint density at radius 1 is 1.23 bits per heavy atom. The number of halogens is 1.